The van der Waals surface area contributed by atoms with Gasteiger partial charge in [0.25, 0.3) is 0 Å². The van der Waals surface area contributed by atoms with Crippen LogP contribution in [-0.2, 0) is 6.18 Å². The van der Waals surface area contributed by atoms with Gasteiger partial charge in [0.1, 0.15) is 0 Å². The highest BCUT2D eigenvalue weighted by Crippen LogP contribution is 2.32. The largest absolute Gasteiger partial charge is 0.417 e. The highest BCUT2D eigenvalue weighted by Gasteiger charge is 2.31. The molecule has 28 heavy (non-hydrogen) atoms. The minimum Gasteiger partial charge on any atom is -0.289 e. The quantitative estimate of drug-likeness (QED) is 0.357. The van der Waals surface area contributed by atoms with E-state index in [-0.39, 0.29) is 21.6 Å². The molecule has 0 saturated carbocycles. The fourth-order valence-electron chi connectivity index (χ4n) is 2.27. The molecule has 0 spiro atoms. The zero-order chi connectivity index (χ0) is 20.5. The van der Waals surface area contributed by atoms with Crippen molar-refractivity contribution in [3.63, 3.8) is 0 Å². The third-order valence-corrected chi connectivity index (χ3v) is 4.65. The van der Waals surface area contributed by atoms with Crippen LogP contribution in [0.3, 0.4) is 0 Å². The minimum absolute atomic E-state index is 0.00121. The van der Waals surface area contributed by atoms with E-state index in [1.807, 2.05) is 0 Å². The van der Waals surface area contributed by atoms with E-state index in [0.29, 0.717) is 22.5 Å². The number of hydrogen-bond donors (Lipinski definition) is 0. The van der Waals surface area contributed by atoms with Gasteiger partial charge in [-0.3, -0.25) is 4.79 Å². The topological polar surface area (TPSA) is 47.8 Å². The average Bonchev–Trinajstić information content (AvgIpc) is 3.09. The normalized spacial score (nSPS) is 11.9. The molecular formula is C18H9Cl3F3N3O. The highest BCUT2D eigenvalue weighted by atomic mass is 35.5. The van der Waals surface area contributed by atoms with Crippen molar-refractivity contribution in [3.05, 3.63) is 80.7 Å². The molecule has 0 aliphatic rings. The molecule has 10 heteroatoms. The molecule has 0 amide bonds. The van der Waals surface area contributed by atoms with E-state index in [2.05, 4.69) is 10.1 Å². The second kappa shape index (κ2) is 7.95. The molecule has 4 nitrogen and oxygen atoms in total. The van der Waals surface area contributed by atoms with Gasteiger partial charge in [-0.15, -0.1) is 0 Å². The van der Waals surface area contributed by atoms with Crippen LogP contribution in [-0.4, -0.2) is 20.5 Å². The number of carbonyl (C=O) groups is 1. The summed E-state index contributed by atoms with van der Waals surface area (Å²) in [6.45, 7) is 0. The molecule has 1 aromatic carbocycles. The summed E-state index contributed by atoms with van der Waals surface area (Å²) < 4.78 is 39.5. The Balaban J connectivity index is 1.89. The molecule has 144 valence electrons. The number of benzene rings is 1. The van der Waals surface area contributed by atoms with E-state index in [9.17, 15) is 18.0 Å². The van der Waals surface area contributed by atoms with E-state index >= 15 is 0 Å². The van der Waals surface area contributed by atoms with Crippen LogP contribution in [0.1, 0.15) is 21.6 Å². The van der Waals surface area contributed by atoms with Crippen molar-refractivity contribution < 1.29 is 18.0 Å². The van der Waals surface area contributed by atoms with Crippen molar-refractivity contribution >= 4 is 46.7 Å². The molecule has 0 bridgehead atoms. The Kier molecular flexibility index (Phi) is 5.79. The molecule has 0 unspecified atom stereocenters. The minimum atomic E-state index is -4.56. The van der Waals surface area contributed by atoms with E-state index in [1.54, 1.807) is 6.07 Å². The van der Waals surface area contributed by atoms with Crippen LogP contribution in [0.15, 0.2) is 48.8 Å². The summed E-state index contributed by atoms with van der Waals surface area (Å²) in [6, 6.07) is 6.77. The van der Waals surface area contributed by atoms with E-state index in [4.69, 9.17) is 34.8 Å². The Bertz CT molecular complexity index is 1080. The maximum atomic E-state index is 12.8. The Hall–Kier alpha value is -2.35. The molecule has 0 atom stereocenters. The zero-order valence-corrected chi connectivity index (χ0v) is 16.0. The lowest BCUT2D eigenvalue weighted by Crippen LogP contribution is -2.09. The molecule has 0 fully saturated rings. The number of ketones is 1. The number of halogens is 6. The SMILES string of the molecule is O=C(/C=C/c1ccnn1-c1ncc(C(F)(F)F)cc1Cl)c1ccc(Cl)c(Cl)c1. The van der Waals surface area contributed by atoms with Crippen LogP contribution in [0.2, 0.25) is 15.1 Å². The van der Waals surface area contributed by atoms with Gasteiger partial charge in [-0.25, -0.2) is 9.67 Å². The van der Waals surface area contributed by atoms with Crippen molar-refractivity contribution in [2.45, 2.75) is 6.18 Å². The first-order valence-electron chi connectivity index (χ1n) is 7.61. The number of pyridine rings is 1. The Morgan fingerprint density at radius 2 is 1.79 bits per heavy atom. The van der Waals surface area contributed by atoms with Gasteiger partial charge in [0.2, 0.25) is 0 Å². The molecule has 2 aromatic heterocycles. The van der Waals surface area contributed by atoms with Gasteiger partial charge in [-0.05, 0) is 42.5 Å². The zero-order valence-electron chi connectivity index (χ0n) is 13.7. The standard InChI is InChI=1S/C18H9Cl3F3N3O/c19-13-3-1-10(7-14(13)20)16(28)4-2-12-5-6-26-27(12)17-15(21)8-11(9-25-17)18(22,23)24/h1-9H/b4-2+. The summed E-state index contributed by atoms with van der Waals surface area (Å²) in [4.78, 5) is 16.0. The number of nitrogens with zero attached hydrogens (tertiary/aromatic N) is 3. The molecule has 3 aromatic rings. The maximum Gasteiger partial charge on any atom is 0.417 e. The number of hydrogen-bond acceptors (Lipinski definition) is 3. The van der Waals surface area contributed by atoms with Crippen molar-refractivity contribution in [1.82, 2.24) is 14.8 Å². The summed E-state index contributed by atoms with van der Waals surface area (Å²) in [6.07, 6.45) is 0.211. The first kappa shape index (κ1) is 20.4. The summed E-state index contributed by atoms with van der Waals surface area (Å²) >= 11 is 17.7. The lowest BCUT2D eigenvalue weighted by Gasteiger charge is -2.10. The molecule has 2 heterocycles. The van der Waals surface area contributed by atoms with Gasteiger partial charge in [0.15, 0.2) is 11.6 Å². The summed E-state index contributed by atoms with van der Waals surface area (Å²) in [5.74, 6) is -0.348. The summed E-state index contributed by atoms with van der Waals surface area (Å²) in [7, 11) is 0. The molecule has 0 radical (unpaired) electrons. The van der Waals surface area contributed by atoms with E-state index in [1.165, 1.54) is 41.2 Å². The molecule has 0 aliphatic carbocycles. The molecule has 3 rings (SSSR count). The van der Waals surface area contributed by atoms with Gasteiger partial charge >= 0.3 is 6.18 Å². The smallest absolute Gasteiger partial charge is 0.289 e. The monoisotopic (exact) mass is 445 g/mol. The summed E-state index contributed by atoms with van der Waals surface area (Å²) in [5, 5.41) is 4.34. The second-order valence-corrected chi connectivity index (χ2v) is 6.74. The third-order valence-electron chi connectivity index (χ3n) is 3.63. The number of allylic oxidation sites excluding steroid dienone is 1. The van der Waals surface area contributed by atoms with Crippen molar-refractivity contribution in [1.29, 1.82) is 0 Å². The van der Waals surface area contributed by atoms with Crippen LogP contribution < -0.4 is 0 Å². The van der Waals surface area contributed by atoms with Crippen LogP contribution in [0.5, 0.6) is 0 Å². The van der Waals surface area contributed by atoms with E-state index in [0.717, 1.165) is 6.07 Å². The fraction of sp³-hybridized carbons (Fsp3) is 0.0556. The van der Waals surface area contributed by atoms with Crippen LogP contribution in [0.25, 0.3) is 11.9 Å². The lowest BCUT2D eigenvalue weighted by molar-refractivity contribution is -0.137. The van der Waals surface area contributed by atoms with Crippen LogP contribution in [0.4, 0.5) is 13.2 Å². The lowest BCUT2D eigenvalue weighted by atomic mass is 10.1. The Morgan fingerprint density at radius 3 is 2.43 bits per heavy atom. The summed E-state index contributed by atoms with van der Waals surface area (Å²) in [5.41, 5.74) is -0.259. The van der Waals surface area contributed by atoms with Crippen LogP contribution in [0, 0.1) is 0 Å². The predicted molar refractivity (Wildman–Crippen MR) is 101 cm³/mol. The van der Waals surface area contributed by atoms with Crippen molar-refractivity contribution in [2.75, 3.05) is 0 Å². The average molecular weight is 447 g/mol. The number of carbonyl (C=O) groups excluding carboxylic acids is 1. The number of rotatable bonds is 4. The van der Waals surface area contributed by atoms with Gasteiger partial charge in [-0.2, -0.15) is 18.3 Å². The Morgan fingerprint density at radius 1 is 1.04 bits per heavy atom. The predicted octanol–water partition coefficient (Wildman–Crippen LogP) is 6.14. The van der Waals surface area contributed by atoms with Gasteiger partial charge in [0, 0.05) is 11.8 Å². The number of aromatic nitrogens is 3. The van der Waals surface area contributed by atoms with Crippen molar-refractivity contribution in [3.8, 4) is 5.82 Å². The first-order valence-corrected chi connectivity index (χ1v) is 8.75. The molecule has 0 saturated heterocycles. The van der Waals surface area contributed by atoms with Gasteiger partial charge < -0.3 is 0 Å². The van der Waals surface area contributed by atoms with Crippen molar-refractivity contribution in [2.24, 2.45) is 0 Å². The molecule has 0 N–H and O–H groups in total. The maximum absolute atomic E-state index is 12.8. The third kappa shape index (κ3) is 4.38. The first-order chi connectivity index (χ1) is 13.2. The molecular weight excluding hydrogens is 438 g/mol. The highest BCUT2D eigenvalue weighted by molar-refractivity contribution is 6.42. The second-order valence-electron chi connectivity index (χ2n) is 5.52. The van der Waals surface area contributed by atoms with Gasteiger partial charge in [0.05, 0.1) is 32.5 Å². The number of alkyl halides is 3. The van der Waals surface area contributed by atoms with E-state index < -0.39 is 11.7 Å². The van der Waals surface area contributed by atoms with Crippen LogP contribution >= 0.6 is 34.8 Å². The fourth-order valence-corrected chi connectivity index (χ4v) is 2.81. The van der Waals surface area contributed by atoms with Gasteiger partial charge in [-0.1, -0.05) is 34.8 Å². The Labute approximate surface area is 172 Å². The molecule has 0 aliphatic heterocycles.